The highest BCUT2D eigenvalue weighted by Gasteiger charge is 2.22. The predicted molar refractivity (Wildman–Crippen MR) is 243 cm³/mol. The van der Waals surface area contributed by atoms with E-state index in [0.29, 0.717) is 0 Å². The van der Waals surface area contributed by atoms with E-state index in [1.807, 2.05) is 0 Å². The first-order chi connectivity index (χ1) is 39.5. The third-order valence-corrected chi connectivity index (χ3v) is 18.0. The average molecular weight is 1490 g/mol. The van der Waals surface area contributed by atoms with Crippen LogP contribution in [0.4, 0.5) is 8.96 Å². The van der Waals surface area contributed by atoms with E-state index in [9.17, 15) is 113 Å². The zero-order valence-electron chi connectivity index (χ0n) is 43.2. The molecule has 0 aromatic rings. The van der Waals surface area contributed by atoms with Crippen LogP contribution in [0.15, 0.2) is 0 Å². The second kappa shape index (κ2) is 43.1. The van der Waals surface area contributed by atoms with Crippen molar-refractivity contribution < 1.29 is 218 Å². The van der Waals surface area contributed by atoms with Crippen LogP contribution in [0.5, 0.6) is 0 Å². The lowest BCUT2D eigenvalue weighted by molar-refractivity contribution is -0.239. The van der Waals surface area contributed by atoms with E-state index >= 15 is 0 Å². The zero-order chi connectivity index (χ0) is 65.9. The molecule has 13 atom stereocenters. The van der Waals surface area contributed by atoms with E-state index in [-0.39, 0.29) is 0 Å². The van der Waals surface area contributed by atoms with Crippen molar-refractivity contribution in [3.63, 3.8) is 0 Å². The second-order valence-electron chi connectivity index (χ2n) is 14.4. The molecule has 0 amide bonds. The molecule has 0 saturated carbocycles. The quantitative estimate of drug-likeness (QED) is 0.0250. The molecule has 4 N–H and O–H groups in total. The van der Waals surface area contributed by atoms with Gasteiger partial charge in [-0.2, -0.15) is 11.1 Å². The van der Waals surface area contributed by atoms with Crippen LogP contribution in [-0.2, 0) is 145 Å². The first kappa shape index (κ1) is 87.0. The van der Waals surface area contributed by atoms with Crippen LogP contribution in [0.3, 0.4) is 0 Å². The van der Waals surface area contributed by atoms with E-state index < -0.39 is 256 Å². The van der Waals surface area contributed by atoms with Crippen molar-refractivity contribution in [1.82, 2.24) is 11.1 Å². The Labute approximate surface area is 484 Å². The minimum Gasteiger partial charge on any atom is -0.756 e. The Morgan fingerprint density at radius 1 is 0.267 bits per heavy atom. The average Bonchev–Trinajstić information content (AvgIpc) is 3.58. The van der Waals surface area contributed by atoms with Crippen LogP contribution in [0.25, 0.3) is 0 Å². The molecule has 47 nitrogen and oxygen atoms in total. The second-order valence-corrected chi connectivity index (χ2v) is 29.7. The SMILES string of the molecule is O=P([O-])(O)OCC(CNF)COP(=O)([O-])OCCOP(=O)([O-])OCCOP(=O)([O-])OCCOP(=O)([O-])OCCOP(=O)([O-])OCCOP(=O)([O-])OCCOP(=O)([O-])OCCOP(=O)([O-])OCCOP(=O)([O-])OCCOP(=O)([O-])OCC(CO)CNF. The lowest BCUT2D eigenvalue weighted by Crippen LogP contribution is -2.27. The molecule has 0 spiro atoms. The standard InChI is InChI=1S/C26H65F2N2O45P11/c27-29-19-25(21-31)22-74-85(51,52)71-17-15-69-83(47,48)67-13-11-65-81(43,44)63-9-7-61-79(39,40)59-5-3-57-77(35,36)55-1-2-56-78(37,38)58-4-6-60-80(41,42)62-8-10-64-82(45,46)66-12-14-68-84(49,50)70-16-18-72-86(53,54)75-24-26(20-30-28)23-73-76(32,33)34/h25-26,29-31H,1-24H2,(H,35,36)(H,37,38)(H,39,40)(H,41,42)(H,43,44)(H,45,46)(H,47,48)(H,49,50)(H,51,52)(H,53,54)(H2,32,33,34)/p-11. The molecular weight excluding hydrogens is 1440 g/mol. The fourth-order valence-corrected chi connectivity index (χ4v) is 11.5. The Hall–Kier alpha value is 0.950. The highest BCUT2D eigenvalue weighted by molar-refractivity contribution is 7.48. The highest BCUT2D eigenvalue weighted by Crippen LogP contribution is 2.47. The fraction of sp³-hybridized carbons (Fsp3) is 1.00. The monoisotopic (exact) mass is 1490 g/mol. The summed E-state index contributed by atoms with van der Waals surface area (Å²) >= 11 is 0. The predicted octanol–water partition coefficient (Wildman–Crippen LogP) is -6.35. The zero-order valence-corrected chi connectivity index (χ0v) is 53.1. The lowest BCUT2D eigenvalue weighted by Gasteiger charge is -2.28. The van der Waals surface area contributed by atoms with Gasteiger partial charge in [0.15, 0.2) is 0 Å². The van der Waals surface area contributed by atoms with Gasteiger partial charge >= 0.3 is 0 Å². The van der Waals surface area contributed by atoms with Crippen LogP contribution < -0.4 is 64.9 Å². The van der Waals surface area contributed by atoms with Crippen molar-refractivity contribution in [2.45, 2.75) is 0 Å². The van der Waals surface area contributed by atoms with Gasteiger partial charge in [-0.15, -0.1) is 8.96 Å². The summed E-state index contributed by atoms with van der Waals surface area (Å²) in [7, 11) is -57.9. The van der Waals surface area contributed by atoms with Gasteiger partial charge in [0.25, 0.3) is 86.0 Å². The fourth-order valence-electron chi connectivity index (χ4n) is 4.21. The number of aliphatic hydroxyl groups excluding tert-OH is 1. The van der Waals surface area contributed by atoms with Gasteiger partial charge in [-0.05, 0) is 0 Å². The Balaban J connectivity index is 4.29. The maximum Gasteiger partial charge on any atom is 0.268 e. The highest BCUT2D eigenvalue weighted by atomic mass is 31.2. The summed E-state index contributed by atoms with van der Waals surface area (Å²) in [4.78, 5) is 137. The van der Waals surface area contributed by atoms with E-state index in [1.165, 1.54) is 5.54 Å². The lowest BCUT2D eigenvalue weighted by atomic mass is 10.2. The van der Waals surface area contributed by atoms with E-state index in [4.69, 9.17) is 10.00 Å². The Bertz CT molecular complexity index is 2460. The molecule has 0 fully saturated rings. The Kier molecular flexibility index (Phi) is 43.6. The number of nitrogens with one attached hydrogen (secondary N) is 2. The molecule has 0 aliphatic heterocycles. The summed E-state index contributed by atoms with van der Waals surface area (Å²) in [5, 5.41) is 8.97. The van der Waals surface area contributed by atoms with Gasteiger partial charge in [-0.25, -0.2) is 0 Å². The molecule has 0 heterocycles. The summed E-state index contributed by atoms with van der Waals surface area (Å²) in [6, 6.07) is 0. The van der Waals surface area contributed by atoms with Gasteiger partial charge in [-0.1, -0.05) is 0 Å². The summed E-state index contributed by atoms with van der Waals surface area (Å²) in [6.45, 7) is -23.3. The van der Waals surface area contributed by atoms with Crippen molar-refractivity contribution in [3.05, 3.63) is 0 Å². The maximum absolute atomic E-state index is 12.4. The van der Waals surface area contributed by atoms with Crippen molar-refractivity contribution in [1.29, 1.82) is 0 Å². The number of phosphoric ester groups is 11. The van der Waals surface area contributed by atoms with Gasteiger partial charge in [0, 0.05) is 31.5 Å². The van der Waals surface area contributed by atoms with Gasteiger partial charge in [0.05, 0.1) is 139 Å². The van der Waals surface area contributed by atoms with Crippen molar-refractivity contribution in [2.75, 3.05) is 158 Å². The normalized spacial score (nSPS) is 20.9. The molecule has 0 radical (unpaired) electrons. The molecule has 0 aromatic heterocycles. The summed E-state index contributed by atoms with van der Waals surface area (Å²) in [6.07, 6.45) is 0. The number of rotatable bonds is 59. The van der Waals surface area contributed by atoms with Crippen molar-refractivity contribution in [3.8, 4) is 0 Å². The first-order valence-electron chi connectivity index (χ1n) is 22.5. The smallest absolute Gasteiger partial charge is 0.268 e. The van der Waals surface area contributed by atoms with E-state index in [1.54, 1.807) is 0 Å². The number of halogens is 2. The topological polar surface area (TPSA) is 700 Å². The maximum atomic E-state index is 12.4. The molecule has 0 aliphatic rings. The minimum atomic E-state index is -5.33. The van der Waals surface area contributed by atoms with Gasteiger partial charge < -0.3 is 159 Å². The third kappa shape index (κ3) is 51.4. The van der Waals surface area contributed by atoms with Crippen LogP contribution in [0.2, 0.25) is 0 Å². The molecular formula is C26H54F2N2O45P11-11. The molecule has 0 rings (SSSR count). The molecule has 518 valence electrons. The van der Waals surface area contributed by atoms with Crippen LogP contribution in [0.1, 0.15) is 0 Å². The summed E-state index contributed by atoms with van der Waals surface area (Å²) in [5.41, 5.74) is 2.27. The number of hydrogen-bond donors (Lipinski definition) is 4. The Morgan fingerprint density at radius 2 is 0.407 bits per heavy atom. The number of aliphatic hydroxyl groups is 1. The number of hydrogen-bond acceptors (Lipinski definition) is 46. The van der Waals surface area contributed by atoms with E-state index in [0.717, 1.165) is 5.54 Å². The minimum absolute atomic E-state index is 0.463. The molecule has 13 unspecified atom stereocenters. The third-order valence-electron chi connectivity index (χ3n) is 7.64. The molecule has 86 heavy (non-hydrogen) atoms. The molecule has 0 aromatic carbocycles. The molecule has 0 saturated heterocycles. The number of phosphoric acid groups is 11. The largest absolute Gasteiger partial charge is 0.756 e. The molecule has 0 bridgehead atoms. The van der Waals surface area contributed by atoms with Gasteiger partial charge in [0.1, 0.15) is 0 Å². The molecule has 0 aliphatic carbocycles. The van der Waals surface area contributed by atoms with Crippen LogP contribution >= 0.6 is 86.0 Å². The summed E-state index contributed by atoms with van der Waals surface area (Å²) in [5.74, 6) is -2.28. The summed E-state index contributed by atoms with van der Waals surface area (Å²) < 4.78 is 243. The van der Waals surface area contributed by atoms with Gasteiger partial charge in [-0.3, -0.25) is 50.2 Å². The first-order valence-corrected chi connectivity index (χ1v) is 38.6. The van der Waals surface area contributed by atoms with Crippen LogP contribution in [-0.4, -0.2) is 168 Å². The van der Waals surface area contributed by atoms with Crippen molar-refractivity contribution in [2.24, 2.45) is 11.8 Å². The van der Waals surface area contributed by atoms with Crippen LogP contribution in [0, 0.1) is 11.8 Å². The van der Waals surface area contributed by atoms with E-state index in [2.05, 4.69) is 95.0 Å². The molecule has 60 heteroatoms. The van der Waals surface area contributed by atoms with Gasteiger partial charge in [0.2, 0.25) is 0 Å². The van der Waals surface area contributed by atoms with Crippen molar-refractivity contribution >= 4 is 86.0 Å². The Morgan fingerprint density at radius 3 is 0.558 bits per heavy atom.